The van der Waals surface area contributed by atoms with E-state index in [9.17, 15) is 5.11 Å². The molecule has 0 spiro atoms. The lowest BCUT2D eigenvalue weighted by atomic mass is 9.86. The van der Waals surface area contributed by atoms with E-state index in [1.54, 1.807) is 0 Å². The van der Waals surface area contributed by atoms with Crippen molar-refractivity contribution >= 4 is 11.6 Å². The highest BCUT2D eigenvalue weighted by molar-refractivity contribution is 6.30. The zero-order valence-corrected chi connectivity index (χ0v) is 12.7. The minimum atomic E-state index is -0.322. The van der Waals surface area contributed by atoms with E-state index in [2.05, 4.69) is 44.9 Å². The molecule has 0 bridgehead atoms. The monoisotopic (exact) mass is 269 g/mol. The molecule has 102 valence electrons. The normalized spacial score (nSPS) is 15.8. The van der Waals surface area contributed by atoms with Gasteiger partial charge in [0.05, 0.1) is 6.10 Å². The van der Waals surface area contributed by atoms with Gasteiger partial charge in [0.1, 0.15) is 0 Å². The first-order chi connectivity index (χ1) is 8.24. The molecule has 0 radical (unpaired) electrons. The molecule has 0 aliphatic rings. The van der Waals surface area contributed by atoms with Gasteiger partial charge < -0.3 is 5.11 Å². The lowest BCUT2D eigenvalue weighted by Crippen LogP contribution is -2.39. The molecular formula is C15H24ClNO. The average Bonchev–Trinajstić information content (AvgIpc) is 2.28. The van der Waals surface area contributed by atoms with E-state index >= 15 is 0 Å². The minimum absolute atomic E-state index is 0.116. The van der Waals surface area contributed by atoms with Crippen molar-refractivity contribution in [3.8, 4) is 0 Å². The predicted octanol–water partition coefficient (Wildman–Crippen LogP) is 3.74. The third kappa shape index (κ3) is 3.98. The Morgan fingerprint density at radius 3 is 2.17 bits per heavy atom. The third-order valence-corrected chi connectivity index (χ3v) is 4.05. The average molecular weight is 270 g/mol. The summed E-state index contributed by atoms with van der Waals surface area (Å²) in [5.41, 5.74) is 1.12. The van der Waals surface area contributed by atoms with E-state index in [0.717, 1.165) is 11.6 Å². The van der Waals surface area contributed by atoms with Crippen molar-refractivity contribution in [2.45, 2.75) is 39.8 Å². The van der Waals surface area contributed by atoms with Crippen molar-refractivity contribution in [3.05, 3.63) is 34.9 Å². The number of hydrogen-bond acceptors (Lipinski definition) is 2. The number of aliphatic hydroxyl groups is 1. The molecule has 1 N–H and O–H groups in total. The summed E-state index contributed by atoms with van der Waals surface area (Å²) in [7, 11) is 2.09. The summed E-state index contributed by atoms with van der Waals surface area (Å²) in [6.45, 7) is 9.03. The molecule has 0 aromatic heterocycles. The quantitative estimate of drug-likeness (QED) is 0.880. The van der Waals surface area contributed by atoms with Crippen LogP contribution in [0.3, 0.4) is 0 Å². The van der Waals surface area contributed by atoms with Gasteiger partial charge in [-0.2, -0.15) is 0 Å². The molecule has 18 heavy (non-hydrogen) atoms. The van der Waals surface area contributed by atoms with Crippen molar-refractivity contribution in [2.75, 3.05) is 13.6 Å². The molecule has 2 unspecified atom stereocenters. The van der Waals surface area contributed by atoms with Crippen LogP contribution in [-0.2, 0) is 0 Å². The van der Waals surface area contributed by atoms with Crippen LogP contribution in [0.25, 0.3) is 0 Å². The Morgan fingerprint density at radius 1 is 1.22 bits per heavy atom. The Kier molecular flexibility index (Phi) is 5.20. The fourth-order valence-corrected chi connectivity index (χ4v) is 2.03. The number of aliphatic hydroxyl groups excluding tert-OH is 1. The molecule has 2 atom stereocenters. The Morgan fingerprint density at radius 2 is 1.72 bits per heavy atom. The van der Waals surface area contributed by atoms with Crippen molar-refractivity contribution in [1.82, 2.24) is 4.90 Å². The van der Waals surface area contributed by atoms with E-state index in [1.807, 2.05) is 19.1 Å². The van der Waals surface area contributed by atoms with E-state index in [0.29, 0.717) is 6.04 Å². The van der Waals surface area contributed by atoms with Crippen LogP contribution in [0.2, 0.25) is 5.02 Å². The van der Waals surface area contributed by atoms with Gasteiger partial charge in [-0.15, -0.1) is 0 Å². The number of hydrogen-bond donors (Lipinski definition) is 1. The number of halogens is 1. The van der Waals surface area contributed by atoms with E-state index < -0.39 is 0 Å². The van der Waals surface area contributed by atoms with Crippen LogP contribution in [0.4, 0.5) is 0 Å². The summed E-state index contributed by atoms with van der Waals surface area (Å²) < 4.78 is 0. The molecule has 0 saturated carbocycles. The second-order valence-corrected chi connectivity index (χ2v) is 6.24. The smallest absolute Gasteiger partial charge is 0.0575 e. The van der Waals surface area contributed by atoms with E-state index in [-0.39, 0.29) is 11.5 Å². The van der Waals surface area contributed by atoms with Gasteiger partial charge in [-0.05, 0) is 38.6 Å². The maximum absolute atomic E-state index is 9.77. The van der Waals surface area contributed by atoms with Gasteiger partial charge in [-0.1, -0.05) is 37.6 Å². The highest BCUT2D eigenvalue weighted by Gasteiger charge is 2.27. The zero-order chi connectivity index (χ0) is 13.9. The molecule has 0 aliphatic heterocycles. The van der Waals surface area contributed by atoms with Gasteiger partial charge in [0, 0.05) is 23.0 Å². The van der Waals surface area contributed by atoms with Gasteiger partial charge >= 0.3 is 0 Å². The Labute approximate surface area is 116 Å². The molecule has 0 saturated heterocycles. The van der Waals surface area contributed by atoms with Crippen LogP contribution < -0.4 is 0 Å². The van der Waals surface area contributed by atoms with Crippen LogP contribution in [0.15, 0.2) is 24.3 Å². The lowest BCUT2D eigenvalue weighted by molar-refractivity contribution is 0.0321. The first kappa shape index (κ1) is 15.5. The van der Waals surface area contributed by atoms with Gasteiger partial charge in [-0.3, -0.25) is 4.90 Å². The molecular weight excluding hydrogens is 246 g/mol. The van der Waals surface area contributed by atoms with Crippen LogP contribution in [0, 0.1) is 5.41 Å². The summed E-state index contributed by atoms with van der Waals surface area (Å²) in [6.07, 6.45) is -0.322. The van der Waals surface area contributed by atoms with Crippen molar-refractivity contribution in [3.63, 3.8) is 0 Å². The topological polar surface area (TPSA) is 23.5 Å². The molecule has 1 aromatic rings. The molecule has 1 aromatic carbocycles. The molecule has 0 heterocycles. The molecule has 0 amide bonds. The molecule has 0 aliphatic carbocycles. The summed E-state index contributed by atoms with van der Waals surface area (Å²) in [5, 5.41) is 10.5. The Hall–Kier alpha value is -0.570. The van der Waals surface area contributed by atoms with Gasteiger partial charge in [-0.25, -0.2) is 0 Å². The fourth-order valence-electron chi connectivity index (χ4n) is 1.91. The first-order valence-corrected chi connectivity index (χ1v) is 6.75. The highest BCUT2D eigenvalue weighted by atomic mass is 35.5. The maximum atomic E-state index is 9.77. The summed E-state index contributed by atoms with van der Waals surface area (Å²) in [4.78, 5) is 2.26. The third-order valence-electron chi connectivity index (χ3n) is 3.80. The highest BCUT2D eigenvalue weighted by Crippen LogP contribution is 2.27. The van der Waals surface area contributed by atoms with Crippen LogP contribution in [0.5, 0.6) is 0 Å². The second kappa shape index (κ2) is 6.05. The van der Waals surface area contributed by atoms with Gasteiger partial charge in [0.25, 0.3) is 0 Å². The molecule has 0 fully saturated rings. The minimum Gasteiger partial charge on any atom is -0.393 e. The molecule has 1 rings (SSSR count). The van der Waals surface area contributed by atoms with Gasteiger partial charge in [0.2, 0.25) is 0 Å². The zero-order valence-electron chi connectivity index (χ0n) is 11.9. The standard InChI is InChI=1S/C15H24ClNO/c1-11(13-6-8-14(16)9-7-13)17(5)10-15(3,4)12(2)18/h6-9,11-12,18H,10H2,1-5H3. The Balaban J connectivity index is 2.72. The number of rotatable bonds is 5. The summed E-state index contributed by atoms with van der Waals surface area (Å²) in [6, 6.07) is 8.25. The summed E-state index contributed by atoms with van der Waals surface area (Å²) in [5.74, 6) is 0. The van der Waals surface area contributed by atoms with Gasteiger partial charge in [0.15, 0.2) is 0 Å². The van der Waals surface area contributed by atoms with Crippen LogP contribution in [-0.4, -0.2) is 29.7 Å². The van der Waals surface area contributed by atoms with Crippen molar-refractivity contribution in [2.24, 2.45) is 5.41 Å². The maximum Gasteiger partial charge on any atom is 0.0575 e. The number of nitrogens with zero attached hydrogens (tertiary/aromatic N) is 1. The fraction of sp³-hybridized carbons (Fsp3) is 0.600. The number of benzene rings is 1. The first-order valence-electron chi connectivity index (χ1n) is 6.38. The van der Waals surface area contributed by atoms with Crippen molar-refractivity contribution < 1.29 is 5.11 Å². The Bertz CT molecular complexity index is 373. The molecule has 2 nitrogen and oxygen atoms in total. The SMILES string of the molecule is CC(c1ccc(Cl)cc1)N(C)CC(C)(C)C(C)O. The van der Waals surface area contributed by atoms with E-state index in [1.165, 1.54) is 5.56 Å². The van der Waals surface area contributed by atoms with E-state index in [4.69, 9.17) is 11.6 Å². The lowest BCUT2D eigenvalue weighted by Gasteiger charge is -2.36. The van der Waals surface area contributed by atoms with Crippen LogP contribution in [0.1, 0.15) is 39.3 Å². The van der Waals surface area contributed by atoms with Crippen molar-refractivity contribution in [1.29, 1.82) is 0 Å². The second-order valence-electron chi connectivity index (χ2n) is 5.81. The largest absolute Gasteiger partial charge is 0.393 e. The molecule has 3 heteroatoms. The van der Waals surface area contributed by atoms with Crippen LogP contribution >= 0.6 is 11.6 Å². The summed E-state index contributed by atoms with van der Waals surface area (Å²) >= 11 is 5.90. The predicted molar refractivity (Wildman–Crippen MR) is 78.0 cm³/mol.